The van der Waals surface area contributed by atoms with Gasteiger partial charge in [-0.1, -0.05) is 24.3 Å². The average Bonchev–Trinajstić information content (AvgIpc) is 3.73. The van der Waals surface area contributed by atoms with Crippen molar-refractivity contribution in [3.8, 4) is 5.69 Å². The normalized spacial score (nSPS) is 18.8. The van der Waals surface area contributed by atoms with Gasteiger partial charge in [0.2, 0.25) is 5.91 Å². The van der Waals surface area contributed by atoms with E-state index in [0.717, 1.165) is 43.6 Å². The molecule has 0 radical (unpaired) electrons. The summed E-state index contributed by atoms with van der Waals surface area (Å²) in [6.07, 6.45) is 8.09. The lowest BCUT2D eigenvalue weighted by atomic mass is 9.91. The van der Waals surface area contributed by atoms with Crippen LogP contribution < -0.4 is 10.5 Å². The number of hydrogen-bond acceptors (Lipinski definition) is 6. The molecule has 2 aromatic carbocycles. The van der Waals surface area contributed by atoms with Crippen LogP contribution in [0.4, 0.5) is 11.4 Å². The van der Waals surface area contributed by atoms with Crippen molar-refractivity contribution in [3.05, 3.63) is 77.0 Å². The fourth-order valence-electron chi connectivity index (χ4n) is 6.05. The van der Waals surface area contributed by atoms with E-state index in [9.17, 15) is 14.7 Å². The lowest BCUT2D eigenvalue weighted by molar-refractivity contribution is -0.137. The Bertz CT molecular complexity index is 1610. The maximum Gasteiger partial charge on any atom is 0.264 e. The molecule has 4 heterocycles. The third kappa shape index (κ3) is 4.40. The molecule has 2 fully saturated rings. The van der Waals surface area contributed by atoms with Crippen LogP contribution in [-0.4, -0.2) is 60.5 Å². The maximum absolute atomic E-state index is 13.4. The summed E-state index contributed by atoms with van der Waals surface area (Å²) in [6, 6.07) is 16.7. The molecule has 200 valence electrons. The lowest BCUT2D eigenvalue weighted by Gasteiger charge is -2.38. The Morgan fingerprint density at radius 3 is 2.64 bits per heavy atom. The number of benzene rings is 2. The number of amides is 1. The second-order valence-electron chi connectivity index (χ2n) is 11.2. The van der Waals surface area contributed by atoms with Crippen LogP contribution in [0.15, 0.2) is 65.8 Å². The average molecular weight is 525 g/mol. The van der Waals surface area contributed by atoms with Crippen molar-refractivity contribution in [1.82, 2.24) is 24.2 Å². The van der Waals surface area contributed by atoms with Gasteiger partial charge in [-0.3, -0.25) is 14.2 Å². The molecule has 1 saturated carbocycles. The number of para-hydroxylation sites is 1. The highest BCUT2D eigenvalue weighted by Gasteiger charge is 2.39. The quantitative estimate of drug-likeness (QED) is 0.430. The molecule has 0 atom stereocenters. The number of likely N-dealkylation sites (tertiary alicyclic amines) is 1. The van der Waals surface area contributed by atoms with Crippen molar-refractivity contribution in [2.75, 3.05) is 24.5 Å². The van der Waals surface area contributed by atoms with Gasteiger partial charge in [-0.25, -0.2) is 9.67 Å². The van der Waals surface area contributed by atoms with Crippen molar-refractivity contribution >= 4 is 28.3 Å². The van der Waals surface area contributed by atoms with Crippen LogP contribution in [0.2, 0.25) is 0 Å². The first-order valence-corrected chi connectivity index (χ1v) is 13.9. The summed E-state index contributed by atoms with van der Waals surface area (Å²) < 4.78 is 3.19. The summed E-state index contributed by atoms with van der Waals surface area (Å²) in [5.74, 6) is 0.386. The highest BCUT2D eigenvalue weighted by atomic mass is 16.3. The Labute approximate surface area is 226 Å². The number of piperidine rings is 1. The molecule has 1 aliphatic carbocycles. The minimum absolute atomic E-state index is 0.148. The van der Waals surface area contributed by atoms with Crippen LogP contribution in [-0.2, 0) is 17.8 Å². The van der Waals surface area contributed by atoms with Gasteiger partial charge in [-0.05, 0) is 68.4 Å². The number of rotatable bonds is 5. The van der Waals surface area contributed by atoms with Gasteiger partial charge in [-0.15, -0.1) is 0 Å². The Balaban J connectivity index is 1.14. The summed E-state index contributed by atoms with van der Waals surface area (Å²) in [4.78, 5) is 34.6. The standard InChI is InChI=1S/C30H32N6O3/c37-28(22-10-11-22)33-15-12-30(39,13-16-33)19-34-20-31-27-25(29(34)38)18-32-36(27)24-8-3-7-23(17-24)35-14-4-6-21-5-1-2-9-26(21)35/h1-3,5,7-9,17-18,20,22,39H,4,6,10-16,19H2. The summed E-state index contributed by atoms with van der Waals surface area (Å²) >= 11 is 0. The van der Waals surface area contributed by atoms with E-state index in [1.807, 2.05) is 17.0 Å². The first-order chi connectivity index (χ1) is 19.0. The van der Waals surface area contributed by atoms with E-state index in [4.69, 9.17) is 0 Å². The third-order valence-electron chi connectivity index (χ3n) is 8.45. The highest BCUT2D eigenvalue weighted by molar-refractivity contribution is 5.81. The zero-order valence-corrected chi connectivity index (χ0v) is 21.9. The molecular weight excluding hydrogens is 492 g/mol. The van der Waals surface area contributed by atoms with Crippen LogP contribution in [0.25, 0.3) is 16.7 Å². The van der Waals surface area contributed by atoms with Crippen molar-refractivity contribution < 1.29 is 9.90 Å². The van der Waals surface area contributed by atoms with E-state index < -0.39 is 5.60 Å². The number of carbonyl (C=O) groups excluding carboxylic acids is 1. The molecule has 39 heavy (non-hydrogen) atoms. The lowest BCUT2D eigenvalue weighted by Crippen LogP contribution is -2.50. The summed E-state index contributed by atoms with van der Waals surface area (Å²) in [6.45, 7) is 2.13. The smallest absolute Gasteiger partial charge is 0.264 e. The van der Waals surface area contributed by atoms with Crippen LogP contribution in [0.3, 0.4) is 0 Å². The van der Waals surface area contributed by atoms with Gasteiger partial charge >= 0.3 is 0 Å². The number of fused-ring (bicyclic) bond motifs is 2. The fraction of sp³-hybridized carbons (Fsp3) is 0.400. The molecule has 2 aliphatic heterocycles. The molecule has 7 rings (SSSR count). The largest absolute Gasteiger partial charge is 0.388 e. The van der Waals surface area contributed by atoms with Crippen LogP contribution in [0.1, 0.15) is 37.7 Å². The number of anilines is 2. The molecule has 0 unspecified atom stereocenters. The predicted octanol–water partition coefficient (Wildman–Crippen LogP) is 3.43. The summed E-state index contributed by atoms with van der Waals surface area (Å²) in [7, 11) is 0. The van der Waals surface area contributed by atoms with Gasteiger partial charge in [0.1, 0.15) is 11.7 Å². The van der Waals surface area contributed by atoms with E-state index in [2.05, 4.69) is 51.4 Å². The predicted molar refractivity (Wildman–Crippen MR) is 148 cm³/mol. The van der Waals surface area contributed by atoms with Gasteiger partial charge in [0.15, 0.2) is 5.65 Å². The number of aliphatic hydroxyl groups is 1. The molecule has 0 spiro atoms. The molecule has 1 N–H and O–H groups in total. The van der Waals surface area contributed by atoms with Crippen molar-refractivity contribution in [2.24, 2.45) is 5.92 Å². The van der Waals surface area contributed by atoms with Gasteiger partial charge in [0.25, 0.3) is 5.56 Å². The Morgan fingerprint density at radius 1 is 1.03 bits per heavy atom. The SMILES string of the molecule is O=C(C1CC1)N1CCC(O)(Cn2cnc3c(cnn3-c3cccc(N4CCCc5ccccc54)c3)c2=O)CC1. The zero-order valence-electron chi connectivity index (χ0n) is 21.9. The third-order valence-corrected chi connectivity index (χ3v) is 8.45. The van der Waals surface area contributed by atoms with Gasteiger partial charge < -0.3 is 14.9 Å². The molecule has 2 aromatic heterocycles. The number of aromatic nitrogens is 4. The molecule has 0 bridgehead atoms. The Kier molecular flexibility index (Phi) is 5.77. The van der Waals surface area contributed by atoms with Crippen LogP contribution >= 0.6 is 0 Å². The van der Waals surface area contributed by atoms with E-state index >= 15 is 0 Å². The van der Waals surface area contributed by atoms with Crippen molar-refractivity contribution in [3.63, 3.8) is 0 Å². The highest BCUT2D eigenvalue weighted by Crippen LogP contribution is 2.35. The zero-order chi connectivity index (χ0) is 26.6. The Morgan fingerprint density at radius 2 is 1.82 bits per heavy atom. The van der Waals surface area contributed by atoms with E-state index in [0.29, 0.717) is 37.0 Å². The number of carbonyl (C=O) groups is 1. The summed E-state index contributed by atoms with van der Waals surface area (Å²) in [5, 5.41) is 16.2. The van der Waals surface area contributed by atoms with Crippen LogP contribution in [0, 0.1) is 5.92 Å². The monoisotopic (exact) mass is 524 g/mol. The minimum atomic E-state index is -1.05. The van der Waals surface area contributed by atoms with Crippen molar-refractivity contribution in [1.29, 1.82) is 0 Å². The first-order valence-electron chi connectivity index (χ1n) is 13.9. The maximum atomic E-state index is 13.4. The molecule has 9 nitrogen and oxygen atoms in total. The molecule has 3 aliphatic rings. The molecule has 4 aromatic rings. The molecule has 9 heteroatoms. The van der Waals surface area contributed by atoms with Gasteiger partial charge in [0, 0.05) is 36.9 Å². The minimum Gasteiger partial charge on any atom is -0.388 e. The number of aryl methyl sites for hydroxylation is 1. The van der Waals surface area contributed by atoms with E-state index in [1.165, 1.54) is 22.1 Å². The molecular formula is C30H32N6O3. The molecule has 1 saturated heterocycles. The summed E-state index contributed by atoms with van der Waals surface area (Å²) in [5.41, 5.74) is 3.71. The second kappa shape index (κ2) is 9.34. The van der Waals surface area contributed by atoms with E-state index in [-0.39, 0.29) is 23.9 Å². The van der Waals surface area contributed by atoms with Gasteiger partial charge in [-0.2, -0.15) is 5.10 Å². The fourth-order valence-corrected chi connectivity index (χ4v) is 6.05. The Hall–Kier alpha value is -3.98. The number of nitrogens with zero attached hydrogens (tertiary/aromatic N) is 6. The van der Waals surface area contributed by atoms with Crippen molar-refractivity contribution in [2.45, 2.75) is 50.7 Å². The topological polar surface area (TPSA) is 96.5 Å². The first kappa shape index (κ1) is 24.1. The number of hydrogen-bond donors (Lipinski definition) is 1. The molecule has 1 amide bonds. The van der Waals surface area contributed by atoms with Gasteiger partial charge in [0.05, 0.1) is 24.0 Å². The van der Waals surface area contributed by atoms with Crippen LogP contribution in [0.5, 0.6) is 0 Å². The van der Waals surface area contributed by atoms with E-state index in [1.54, 1.807) is 10.9 Å². The second-order valence-corrected chi connectivity index (χ2v) is 11.2.